The summed E-state index contributed by atoms with van der Waals surface area (Å²) in [5.41, 5.74) is 6.89. The maximum absolute atomic E-state index is 12.5. The van der Waals surface area contributed by atoms with Gasteiger partial charge in [0.15, 0.2) is 0 Å². The van der Waals surface area contributed by atoms with Crippen LogP contribution in [-0.4, -0.2) is 60.2 Å². The van der Waals surface area contributed by atoms with E-state index in [2.05, 4.69) is 115 Å². The summed E-state index contributed by atoms with van der Waals surface area (Å²) in [6.07, 6.45) is 18.4. The number of nitrogens with one attached hydrogen (secondary N) is 2. The molecule has 2 N–H and O–H groups in total. The number of aromatic nitrogens is 2. The van der Waals surface area contributed by atoms with Gasteiger partial charge in [-0.05, 0) is 101 Å². The molecule has 2 unspecified atom stereocenters. The van der Waals surface area contributed by atoms with Gasteiger partial charge in [-0.15, -0.1) is 0 Å². The van der Waals surface area contributed by atoms with Crippen LogP contribution in [0.2, 0.25) is 0 Å². The lowest BCUT2D eigenvalue weighted by molar-refractivity contribution is -0.120. The van der Waals surface area contributed by atoms with E-state index in [1.165, 1.54) is 29.5 Å². The van der Waals surface area contributed by atoms with Crippen molar-refractivity contribution < 1.29 is 14.0 Å². The zero-order chi connectivity index (χ0) is 41.0. The molecule has 0 saturated heterocycles. The molecule has 300 valence electrons. The third kappa shape index (κ3) is 16.1. The van der Waals surface area contributed by atoms with Gasteiger partial charge in [0.2, 0.25) is 5.91 Å². The number of furan rings is 1. The van der Waals surface area contributed by atoms with Gasteiger partial charge in [0, 0.05) is 43.9 Å². The Labute approximate surface area is 336 Å². The van der Waals surface area contributed by atoms with E-state index in [1.54, 1.807) is 12.5 Å². The summed E-state index contributed by atoms with van der Waals surface area (Å²) >= 11 is 0. The molecule has 3 heterocycles. The van der Waals surface area contributed by atoms with Crippen molar-refractivity contribution in [2.24, 2.45) is 0 Å². The summed E-state index contributed by atoms with van der Waals surface area (Å²) in [7, 11) is 2.01. The average Bonchev–Trinajstić information content (AvgIpc) is 3.92. The number of pyridine rings is 1. The number of allylic oxidation sites excluding steroid dienone is 4. The predicted molar refractivity (Wildman–Crippen MR) is 234 cm³/mol. The van der Waals surface area contributed by atoms with E-state index in [1.807, 2.05) is 80.0 Å². The largest absolute Gasteiger partial charge is 0.469 e. The second kappa shape index (κ2) is 28.0. The van der Waals surface area contributed by atoms with E-state index in [-0.39, 0.29) is 11.8 Å². The first-order valence-corrected chi connectivity index (χ1v) is 19.8. The van der Waals surface area contributed by atoms with Gasteiger partial charge < -0.3 is 29.1 Å². The number of rotatable bonds is 18. The Hall–Kier alpha value is -5.47. The quantitative estimate of drug-likeness (QED) is 0.0865. The second-order valence-corrected chi connectivity index (χ2v) is 13.4. The molecule has 0 fully saturated rings. The van der Waals surface area contributed by atoms with E-state index in [4.69, 9.17) is 9.21 Å². The number of hydrogen-bond donors (Lipinski definition) is 2. The van der Waals surface area contributed by atoms with Crippen LogP contribution >= 0.6 is 0 Å². The minimum atomic E-state index is -0.00503. The number of imidazole rings is 1. The molecule has 3 aromatic heterocycles. The molecule has 2 aromatic carbocycles. The van der Waals surface area contributed by atoms with Crippen LogP contribution in [-0.2, 0) is 16.0 Å². The molecule has 5 aromatic rings. The number of aryl methyl sites for hydroxylation is 1. The summed E-state index contributed by atoms with van der Waals surface area (Å²) in [6.45, 7) is 20.3. The minimum Gasteiger partial charge on any atom is -0.469 e. The van der Waals surface area contributed by atoms with Crippen molar-refractivity contribution in [2.75, 3.05) is 33.2 Å². The topological polar surface area (TPSA) is 91.9 Å². The Morgan fingerprint density at radius 1 is 0.911 bits per heavy atom. The highest BCUT2D eigenvalue weighted by Crippen LogP contribution is 2.28. The van der Waals surface area contributed by atoms with Crippen LogP contribution in [0.5, 0.6) is 0 Å². The van der Waals surface area contributed by atoms with Crippen LogP contribution in [0.3, 0.4) is 0 Å². The van der Waals surface area contributed by atoms with Gasteiger partial charge in [-0.25, -0.2) is 4.98 Å². The third-order valence-electron chi connectivity index (χ3n) is 9.26. The number of nitrogens with zero attached hydrogens (tertiary/aromatic N) is 3. The number of carbonyl (C=O) groups is 2. The Bertz CT molecular complexity index is 1820. The Morgan fingerprint density at radius 2 is 1.57 bits per heavy atom. The highest BCUT2D eigenvalue weighted by atomic mass is 16.3. The van der Waals surface area contributed by atoms with Crippen molar-refractivity contribution in [3.63, 3.8) is 0 Å². The number of benzene rings is 2. The van der Waals surface area contributed by atoms with Gasteiger partial charge in [0.1, 0.15) is 18.2 Å². The fraction of sp³-hybridized carbons (Fsp3) is 0.354. The lowest BCUT2D eigenvalue weighted by Gasteiger charge is -2.18. The van der Waals surface area contributed by atoms with Gasteiger partial charge in [-0.1, -0.05) is 111 Å². The highest BCUT2D eigenvalue weighted by Gasteiger charge is 2.17. The summed E-state index contributed by atoms with van der Waals surface area (Å²) < 4.78 is 7.60. The normalized spacial score (nSPS) is 11.9. The van der Waals surface area contributed by atoms with Gasteiger partial charge in [0.25, 0.3) is 0 Å². The zero-order valence-corrected chi connectivity index (χ0v) is 34.6. The average molecular weight is 760 g/mol. The maximum atomic E-state index is 12.5. The van der Waals surface area contributed by atoms with E-state index in [0.717, 1.165) is 55.1 Å². The van der Waals surface area contributed by atoms with E-state index < -0.39 is 0 Å². The molecule has 1 amide bonds. The van der Waals surface area contributed by atoms with E-state index >= 15 is 0 Å². The molecule has 0 aliphatic carbocycles. The molecule has 56 heavy (non-hydrogen) atoms. The fourth-order valence-electron chi connectivity index (χ4n) is 6.43. The number of carbonyl (C=O) groups excluding carboxylic acids is 2. The fourth-order valence-corrected chi connectivity index (χ4v) is 6.43. The number of amides is 1. The highest BCUT2D eigenvalue weighted by molar-refractivity contribution is 5.78. The van der Waals surface area contributed by atoms with Gasteiger partial charge in [0.05, 0.1) is 18.4 Å². The first kappa shape index (κ1) is 46.7. The number of hydrogen-bond acceptors (Lipinski definition) is 6. The first-order valence-electron chi connectivity index (χ1n) is 19.8. The summed E-state index contributed by atoms with van der Waals surface area (Å²) in [5.74, 6) is 1.54. The van der Waals surface area contributed by atoms with Gasteiger partial charge in [-0.3, -0.25) is 4.79 Å². The van der Waals surface area contributed by atoms with Crippen LogP contribution in [0.1, 0.15) is 93.4 Å². The molecule has 0 bridgehead atoms. The molecule has 0 aliphatic heterocycles. The molecule has 8 heteroatoms. The lowest BCUT2D eigenvalue weighted by Crippen LogP contribution is -2.27. The molecular weight excluding hydrogens is 695 g/mol. The second-order valence-electron chi connectivity index (χ2n) is 13.4. The molecule has 8 nitrogen and oxygen atoms in total. The molecule has 0 radical (unpaired) electrons. The van der Waals surface area contributed by atoms with Crippen LogP contribution in [0.15, 0.2) is 145 Å². The third-order valence-corrected chi connectivity index (χ3v) is 9.26. The Balaban J connectivity index is 0.000000329. The van der Waals surface area contributed by atoms with Crippen LogP contribution in [0.4, 0.5) is 0 Å². The molecular formula is C48H65N5O3. The van der Waals surface area contributed by atoms with Crippen LogP contribution in [0.25, 0.3) is 5.65 Å². The van der Waals surface area contributed by atoms with Crippen molar-refractivity contribution in [3.8, 4) is 0 Å². The van der Waals surface area contributed by atoms with Crippen LogP contribution in [0, 0.1) is 6.92 Å². The van der Waals surface area contributed by atoms with Gasteiger partial charge >= 0.3 is 0 Å². The first-order chi connectivity index (χ1) is 27.4. The maximum Gasteiger partial charge on any atom is 0.226 e. The molecule has 5 rings (SSSR count). The molecule has 0 saturated carbocycles. The Morgan fingerprint density at radius 3 is 2.14 bits per heavy atom. The minimum absolute atomic E-state index is 0.00503. The summed E-state index contributed by atoms with van der Waals surface area (Å²) in [5, 5.41) is 6.27. The molecule has 0 spiro atoms. The van der Waals surface area contributed by atoms with Gasteiger partial charge in [-0.2, -0.15) is 0 Å². The van der Waals surface area contributed by atoms with Crippen molar-refractivity contribution >= 4 is 18.3 Å². The van der Waals surface area contributed by atoms with Crippen LogP contribution < -0.4 is 10.6 Å². The predicted octanol–water partition coefficient (Wildman–Crippen LogP) is 10.1. The standard InChI is InChI=1S/C23H23N3O2.C16H23N.C8H17N.CH2O/c1-17-7-5-13-26-19(16-25-23(17)26)15-22(27)24-12-11-20(21-10-6-14-28-21)18-8-3-2-4-9-18;1-4-5-9-14(2)16(12-13-17-3)15-10-7-6-8-11-15;1-4-7-9(6-3)8-5-2;1-2/h2-10,13-14,16,20H,11-12,15H2,1H3,(H,24,27);4-11,16-17H,12-13H2,1-3H3;6H,3-5,7-8H2,1-2H3;1H2/b;5-4-,14-9+;;. The SMILES string of the molecule is C/C=C\C=C(/C)C(CCNC)c1ccccc1.C=CN(CCC)CCC.C=O.Cc1cccn2c(CC(=O)NCCC(c3ccccc3)c3ccco3)cnc12. The van der Waals surface area contributed by atoms with E-state index in [0.29, 0.717) is 18.9 Å². The van der Waals surface area contributed by atoms with Crippen molar-refractivity contribution in [1.82, 2.24) is 24.9 Å². The molecule has 0 aliphatic rings. The van der Waals surface area contributed by atoms with E-state index in [9.17, 15) is 4.79 Å². The zero-order valence-electron chi connectivity index (χ0n) is 34.6. The summed E-state index contributed by atoms with van der Waals surface area (Å²) in [4.78, 5) is 27.1. The smallest absolute Gasteiger partial charge is 0.226 e. The van der Waals surface area contributed by atoms with Crippen molar-refractivity contribution in [3.05, 3.63) is 168 Å². The lowest BCUT2D eigenvalue weighted by atomic mass is 9.89. The number of fused-ring (bicyclic) bond motifs is 1. The monoisotopic (exact) mass is 760 g/mol. The molecule has 2 atom stereocenters. The van der Waals surface area contributed by atoms with Crippen molar-refractivity contribution in [1.29, 1.82) is 0 Å². The summed E-state index contributed by atoms with van der Waals surface area (Å²) in [6, 6.07) is 28.8. The Kier molecular flexibility index (Phi) is 23.4. The van der Waals surface area contributed by atoms with Crippen molar-refractivity contribution in [2.45, 2.75) is 78.6 Å².